The molecule has 0 atom stereocenters. The first-order valence-corrected chi connectivity index (χ1v) is 8.69. The second-order valence-corrected chi connectivity index (χ2v) is 6.20. The SMILES string of the molecule is O=C(N/N=C/c1ccc[nH]1)C(=Cc1cccs1)NC(=O)c1ccccc1. The number of nitrogens with one attached hydrogen (secondary N) is 3. The van der Waals surface area contributed by atoms with Crippen molar-refractivity contribution in [1.29, 1.82) is 0 Å². The van der Waals surface area contributed by atoms with Crippen LogP contribution in [-0.4, -0.2) is 23.0 Å². The Labute approximate surface area is 154 Å². The molecule has 0 aliphatic rings. The summed E-state index contributed by atoms with van der Waals surface area (Å²) in [5.41, 5.74) is 3.76. The molecule has 2 heterocycles. The minimum Gasteiger partial charge on any atom is -0.360 e. The Hall–Kier alpha value is -3.45. The van der Waals surface area contributed by atoms with E-state index in [-0.39, 0.29) is 11.6 Å². The van der Waals surface area contributed by atoms with Gasteiger partial charge in [0.05, 0.1) is 11.9 Å². The molecule has 0 bridgehead atoms. The summed E-state index contributed by atoms with van der Waals surface area (Å²) in [7, 11) is 0. The van der Waals surface area contributed by atoms with Gasteiger partial charge < -0.3 is 10.3 Å². The van der Waals surface area contributed by atoms with E-state index in [0.717, 1.165) is 10.6 Å². The van der Waals surface area contributed by atoms with E-state index < -0.39 is 5.91 Å². The minimum absolute atomic E-state index is 0.116. The van der Waals surface area contributed by atoms with E-state index in [9.17, 15) is 9.59 Å². The zero-order valence-electron chi connectivity index (χ0n) is 13.7. The van der Waals surface area contributed by atoms with Crippen LogP contribution in [0, 0.1) is 0 Å². The lowest BCUT2D eigenvalue weighted by Crippen LogP contribution is -2.32. The highest BCUT2D eigenvalue weighted by Crippen LogP contribution is 2.13. The highest BCUT2D eigenvalue weighted by Gasteiger charge is 2.14. The van der Waals surface area contributed by atoms with Crippen molar-refractivity contribution >= 4 is 35.4 Å². The normalized spacial score (nSPS) is 11.5. The van der Waals surface area contributed by atoms with Gasteiger partial charge in [-0.05, 0) is 41.8 Å². The lowest BCUT2D eigenvalue weighted by Gasteiger charge is -2.08. The second-order valence-electron chi connectivity index (χ2n) is 5.22. The average molecular weight is 364 g/mol. The number of amides is 2. The van der Waals surface area contributed by atoms with Crippen LogP contribution in [0.3, 0.4) is 0 Å². The van der Waals surface area contributed by atoms with Crippen LogP contribution in [0.4, 0.5) is 0 Å². The van der Waals surface area contributed by atoms with E-state index in [1.165, 1.54) is 17.6 Å². The van der Waals surface area contributed by atoms with E-state index in [1.54, 1.807) is 36.5 Å². The second kappa shape index (κ2) is 8.59. The van der Waals surface area contributed by atoms with Gasteiger partial charge in [0.25, 0.3) is 11.8 Å². The maximum atomic E-state index is 12.5. The number of hydrogen-bond acceptors (Lipinski definition) is 4. The number of nitrogens with zero attached hydrogens (tertiary/aromatic N) is 1. The number of thiophene rings is 1. The monoisotopic (exact) mass is 364 g/mol. The molecule has 0 radical (unpaired) electrons. The third-order valence-corrected chi connectivity index (χ3v) is 4.17. The number of aromatic amines is 1. The Kier molecular flexibility index (Phi) is 5.74. The first-order valence-electron chi connectivity index (χ1n) is 7.81. The van der Waals surface area contributed by atoms with E-state index in [4.69, 9.17) is 0 Å². The maximum absolute atomic E-state index is 12.5. The molecular formula is C19H16N4O2S. The Morgan fingerprint density at radius 1 is 1.04 bits per heavy atom. The number of benzene rings is 1. The van der Waals surface area contributed by atoms with Gasteiger partial charge in [0, 0.05) is 16.6 Å². The van der Waals surface area contributed by atoms with Gasteiger partial charge in [-0.3, -0.25) is 9.59 Å². The maximum Gasteiger partial charge on any atom is 0.287 e. The van der Waals surface area contributed by atoms with Crippen molar-refractivity contribution in [3.8, 4) is 0 Å². The van der Waals surface area contributed by atoms with Gasteiger partial charge in [0.1, 0.15) is 5.70 Å². The summed E-state index contributed by atoms with van der Waals surface area (Å²) < 4.78 is 0. The molecule has 7 heteroatoms. The standard InChI is InChI=1S/C19H16N4O2S/c24-18(14-6-2-1-3-7-14)22-17(12-16-9-5-11-26-16)19(25)23-21-13-15-8-4-10-20-15/h1-13,20H,(H,22,24)(H,23,25)/b17-12?,21-13+. The quantitative estimate of drug-likeness (QED) is 0.357. The Bertz CT molecular complexity index is 914. The molecule has 1 aromatic carbocycles. The molecule has 0 saturated carbocycles. The molecule has 0 unspecified atom stereocenters. The molecule has 6 nitrogen and oxygen atoms in total. The van der Waals surface area contributed by atoms with Crippen molar-refractivity contribution < 1.29 is 9.59 Å². The van der Waals surface area contributed by atoms with Crippen molar-refractivity contribution in [2.45, 2.75) is 0 Å². The first kappa shape index (κ1) is 17.4. The van der Waals surface area contributed by atoms with Gasteiger partial charge >= 0.3 is 0 Å². The van der Waals surface area contributed by atoms with E-state index >= 15 is 0 Å². The fraction of sp³-hybridized carbons (Fsp3) is 0. The van der Waals surface area contributed by atoms with Crippen LogP contribution in [0.1, 0.15) is 20.9 Å². The summed E-state index contributed by atoms with van der Waals surface area (Å²) in [5.74, 6) is -0.873. The summed E-state index contributed by atoms with van der Waals surface area (Å²) >= 11 is 1.46. The summed E-state index contributed by atoms with van der Waals surface area (Å²) in [5, 5.41) is 8.44. The third-order valence-electron chi connectivity index (χ3n) is 3.35. The Balaban J connectivity index is 1.75. The Morgan fingerprint density at radius 3 is 2.58 bits per heavy atom. The largest absolute Gasteiger partial charge is 0.360 e. The van der Waals surface area contributed by atoms with Gasteiger partial charge in [-0.25, -0.2) is 5.43 Å². The van der Waals surface area contributed by atoms with Crippen LogP contribution in [0.15, 0.2) is 77.0 Å². The van der Waals surface area contributed by atoms with Crippen LogP contribution >= 0.6 is 11.3 Å². The summed E-state index contributed by atoms with van der Waals surface area (Å²) in [6.07, 6.45) is 4.86. The fourth-order valence-electron chi connectivity index (χ4n) is 2.10. The first-order chi connectivity index (χ1) is 12.7. The summed E-state index contributed by atoms with van der Waals surface area (Å²) in [6.45, 7) is 0. The molecular weight excluding hydrogens is 348 g/mol. The number of H-pyrrole nitrogens is 1. The molecule has 26 heavy (non-hydrogen) atoms. The predicted octanol–water partition coefficient (Wildman–Crippen LogP) is 3.00. The van der Waals surface area contributed by atoms with Crippen LogP contribution < -0.4 is 10.7 Å². The topological polar surface area (TPSA) is 86.3 Å². The molecule has 0 spiro atoms. The number of rotatable bonds is 6. The molecule has 3 N–H and O–H groups in total. The molecule has 3 aromatic rings. The fourth-order valence-corrected chi connectivity index (χ4v) is 2.76. The summed E-state index contributed by atoms with van der Waals surface area (Å²) in [6, 6.07) is 16.1. The smallest absolute Gasteiger partial charge is 0.287 e. The number of hydrogen-bond donors (Lipinski definition) is 3. The van der Waals surface area contributed by atoms with E-state index in [2.05, 4.69) is 20.8 Å². The molecule has 0 aliphatic carbocycles. The van der Waals surface area contributed by atoms with Crippen LogP contribution in [0.25, 0.3) is 6.08 Å². The van der Waals surface area contributed by atoms with Crippen molar-refractivity contribution in [2.24, 2.45) is 5.10 Å². The molecule has 0 saturated heterocycles. The third kappa shape index (κ3) is 4.78. The minimum atomic E-state index is -0.509. The summed E-state index contributed by atoms with van der Waals surface area (Å²) in [4.78, 5) is 28.6. The number of carbonyl (C=O) groups is 2. The highest BCUT2D eigenvalue weighted by molar-refractivity contribution is 7.10. The molecule has 3 rings (SSSR count). The van der Waals surface area contributed by atoms with Gasteiger partial charge in [0.15, 0.2) is 0 Å². The van der Waals surface area contributed by atoms with Crippen LogP contribution in [0.5, 0.6) is 0 Å². The number of aromatic nitrogens is 1. The van der Waals surface area contributed by atoms with E-state index in [1.807, 2.05) is 35.7 Å². The van der Waals surface area contributed by atoms with Crippen molar-refractivity contribution in [1.82, 2.24) is 15.7 Å². The highest BCUT2D eigenvalue weighted by atomic mass is 32.1. The molecule has 0 fully saturated rings. The van der Waals surface area contributed by atoms with Gasteiger partial charge in [0.2, 0.25) is 0 Å². The van der Waals surface area contributed by atoms with Crippen molar-refractivity contribution in [3.05, 3.63) is 88.0 Å². The molecule has 2 amide bonds. The van der Waals surface area contributed by atoms with E-state index in [0.29, 0.717) is 5.56 Å². The number of carbonyl (C=O) groups excluding carboxylic acids is 2. The van der Waals surface area contributed by atoms with Crippen molar-refractivity contribution in [3.63, 3.8) is 0 Å². The van der Waals surface area contributed by atoms with Gasteiger partial charge in [-0.2, -0.15) is 5.10 Å². The van der Waals surface area contributed by atoms with Gasteiger partial charge in [-0.1, -0.05) is 24.3 Å². The van der Waals surface area contributed by atoms with Crippen molar-refractivity contribution in [2.75, 3.05) is 0 Å². The zero-order valence-corrected chi connectivity index (χ0v) is 14.5. The van der Waals surface area contributed by atoms with Crippen LogP contribution in [0.2, 0.25) is 0 Å². The number of hydrazone groups is 1. The average Bonchev–Trinajstić information content (AvgIpc) is 3.36. The molecule has 2 aromatic heterocycles. The zero-order chi connectivity index (χ0) is 18.2. The Morgan fingerprint density at radius 2 is 1.88 bits per heavy atom. The lowest BCUT2D eigenvalue weighted by atomic mass is 10.2. The molecule has 0 aliphatic heterocycles. The predicted molar refractivity (Wildman–Crippen MR) is 103 cm³/mol. The van der Waals surface area contributed by atoms with Gasteiger partial charge in [-0.15, -0.1) is 11.3 Å². The lowest BCUT2D eigenvalue weighted by molar-refractivity contribution is -0.117. The van der Waals surface area contributed by atoms with Crippen LogP contribution in [-0.2, 0) is 4.79 Å². The molecule has 130 valence electrons.